The Hall–Kier alpha value is -3.02. The van der Waals surface area contributed by atoms with Crippen LogP contribution in [0.25, 0.3) is 0 Å². The molecule has 1 atom stereocenters. The lowest BCUT2D eigenvalue weighted by Gasteiger charge is -2.12. The molecule has 138 valence electrons. The predicted octanol–water partition coefficient (Wildman–Crippen LogP) is 3.38. The fraction of sp³-hybridized carbons (Fsp3) is 0.300. The van der Waals surface area contributed by atoms with Gasteiger partial charge in [0.05, 0.1) is 20.6 Å². The third-order valence-electron chi connectivity index (χ3n) is 3.87. The first-order valence-electron chi connectivity index (χ1n) is 8.26. The van der Waals surface area contributed by atoms with Gasteiger partial charge in [-0.2, -0.15) is 0 Å². The van der Waals surface area contributed by atoms with Gasteiger partial charge in [0.2, 0.25) is 0 Å². The summed E-state index contributed by atoms with van der Waals surface area (Å²) in [7, 11) is 3.05. The van der Waals surface area contributed by atoms with Crippen LogP contribution in [0.4, 0.5) is 5.69 Å². The number of amides is 1. The van der Waals surface area contributed by atoms with Crippen molar-refractivity contribution in [3.63, 3.8) is 0 Å². The molecule has 0 aliphatic carbocycles. The van der Waals surface area contributed by atoms with Crippen LogP contribution in [0.3, 0.4) is 0 Å². The Labute approximate surface area is 153 Å². The number of rotatable bonds is 8. The molecule has 0 heterocycles. The smallest absolute Gasteiger partial charge is 0.306 e. The highest BCUT2D eigenvalue weighted by Gasteiger charge is 2.14. The summed E-state index contributed by atoms with van der Waals surface area (Å²) >= 11 is 0. The van der Waals surface area contributed by atoms with Gasteiger partial charge < -0.3 is 19.5 Å². The van der Waals surface area contributed by atoms with E-state index in [9.17, 15) is 9.59 Å². The quantitative estimate of drug-likeness (QED) is 0.733. The molecule has 0 spiro atoms. The van der Waals surface area contributed by atoms with E-state index in [1.807, 2.05) is 37.3 Å². The van der Waals surface area contributed by atoms with E-state index >= 15 is 0 Å². The summed E-state index contributed by atoms with van der Waals surface area (Å²) in [6.45, 7) is 1.61. The minimum absolute atomic E-state index is 0.0256. The van der Waals surface area contributed by atoms with Gasteiger partial charge in [-0.3, -0.25) is 9.59 Å². The number of carbonyl (C=O) groups is 2. The number of methoxy groups -OCH3 is 2. The van der Waals surface area contributed by atoms with Crippen molar-refractivity contribution in [3.05, 3.63) is 54.1 Å². The summed E-state index contributed by atoms with van der Waals surface area (Å²) in [6.07, 6.45) is 0.216. The number of benzene rings is 2. The van der Waals surface area contributed by atoms with Crippen LogP contribution in [0.2, 0.25) is 0 Å². The molecule has 0 aliphatic rings. The molecular formula is C20H23NO5. The number of ether oxygens (including phenoxy) is 3. The van der Waals surface area contributed by atoms with Crippen molar-refractivity contribution in [2.45, 2.75) is 19.3 Å². The SMILES string of the molecule is COc1ccc(NC(=O)COC(=O)C[C@H](C)c2ccccc2)cc1OC. The molecule has 0 saturated heterocycles. The molecule has 6 nitrogen and oxygen atoms in total. The van der Waals surface area contributed by atoms with E-state index in [0.717, 1.165) is 5.56 Å². The zero-order valence-corrected chi connectivity index (χ0v) is 15.2. The van der Waals surface area contributed by atoms with Gasteiger partial charge in [-0.25, -0.2) is 0 Å². The fourth-order valence-corrected chi connectivity index (χ4v) is 2.47. The van der Waals surface area contributed by atoms with Gasteiger partial charge in [0.15, 0.2) is 18.1 Å². The lowest BCUT2D eigenvalue weighted by Crippen LogP contribution is -2.21. The van der Waals surface area contributed by atoms with Crippen molar-refractivity contribution >= 4 is 17.6 Å². The van der Waals surface area contributed by atoms with Crippen LogP contribution in [-0.4, -0.2) is 32.7 Å². The second kappa shape index (κ2) is 9.46. The Kier molecular flexibility index (Phi) is 7.02. The van der Waals surface area contributed by atoms with E-state index in [4.69, 9.17) is 14.2 Å². The fourth-order valence-electron chi connectivity index (χ4n) is 2.47. The van der Waals surface area contributed by atoms with Crippen LogP contribution in [0.15, 0.2) is 48.5 Å². The molecule has 0 aromatic heterocycles. The van der Waals surface area contributed by atoms with E-state index in [1.165, 1.54) is 14.2 Å². The number of anilines is 1. The Morgan fingerprint density at radius 2 is 1.69 bits per heavy atom. The van der Waals surface area contributed by atoms with Gasteiger partial charge in [-0.15, -0.1) is 0 Å². The molecular weight excluding hydrogens is 334 g/mol. The van der Waals surface area contributed by atoms with Crippen LogP contribution in [0.1, 0.15) is 24.8 Å². The maximum atomic E-state index is 12.0. The average molecular weight is 357 g/mol. The number of hydrogen-bond donors (Lipinski definition) is 1. The van der Waals surface area contributed by atoms with Crippen LogP contribution < -0.4 is 14.8 Å². The highest BCUT2D eigenvalue weighted by atomic mass is 16.5. The van der Waals surface area contributed by atoms with Crippen molar-refractivity contribution in [3.8, 4) is 11.5 Å². The van der Waals surface area contributed by atoms with Crippen molar-refractivity contribution in [2.75, 3.05) is 26.1 Å². The van der Waals surface area contributed by atoms with Gasteiger partial charge in [-0.05, 0) is 23.6 Å². The second-order valence-electron chi connectivity index (χ2n) is 5.79. The van der Waals surface area contributed by atoms with E-state index in [2.05, 4.69) is 5.32 Å². The van der Waals surface area contributed by atoms with Gasteiger partial charge in [0.1, 0.15) is 0 Å². The third kappa shape index (κ3) is 5.51. The van der Waals surface area contributed by atoms with E-state index in [1.54, 1.807) is 18.2 Å². The summed E-state index contributed by atoms with van der Waals surface area (Å²) in [4.78, 5) is 23.9. The molecule has 1 amide bonds. The summed E-state index contributed by atoms with van der Waals surface area (Å²) in [5, 5.41) is 2.66. The number of nitrogens with one attached hydrogen (secondary N) is 1. The molecule has 0 aliphatic heterocycles. The van der Waals surface area contributed by atoms with Gasteiger partial charge >= 0.3 is 5.97 Å². The number of hydrogen-bond acceptors (Lipinski definition) is 5. The summed E-state index contributed by atoms with van der Waals surface area (Å²) in [5.74, 6) is 0.255. The largest absolute Gasteiger partial charge is 0.493 e. The maximum absolute atomic E-state index is 12.0. The van der Waals surface area contributed by atoms with E-state index in [-0.39, 0.29) is 18.9 Å². The van der Waals surface area contributed by atoms with E-state index < -0.39 is 11.9 Å². The molecule has 2 rings (SSSR count). The molecule has 6 heteroatoms. The van der Waals surface area contributed by atoms with Crippen LogP contribution >= 0.6 is 0 Å². The van der Waals surface area contributed by atoms with Crippen molar-refractivity contribution in [1.82, 2.24) is 0 Å². The zero-order chi connectivity index (χ0) is 18.9. The Bertz CT molecular complexity index is 745. The van der Waals surface area contributed by atoms with Gasteiger partial charge in [0.25, 0.3) is 5.91 Å². The number of esters is 1. The third-order valence-corrected chi connectivity index (χ3v) is 3.87. The Morgan fingerprint density at radius 1 is 1.00 bits per heavy atom. The molecule has 1 N–H and O–H groups in total. The highest BCUT2D eigenvalue weighted by Crippen LogP contribution is 2.29. The molecule has 2 aromatic carbocycles. The lowest BCUT2D eigenvalue weighted by atomic mass is 9.98. The van der Waals surface area contributed by atoms with E-state index in [0.29, 0.717) is 17.2 Å². The molecule has 0 radical (unpaired) electrons. The molecule has 2 aromatic rings. The first-order chi connectivity index (χ1) is 12.5. The first kappa shape index (κ1) is 19.3. The standard InChI is InChI=1S/C20H23NO5/c1-14(15-7-5-4-6-8-15)11-20(23)26-13-19(22)21-16-9-10-17(24-2)18(12-16)25-3/h4-10,12,14H,11,13H2,1-3H3,(H,21,22)/t14-/m0/s1. The Morgan fingerprint density at radius 3 is 2.35 bits per heavy atom. The van der Waals surface area contributed by atoms with Crippen LogP contribution in [0.5, 0.6) is 11.5 Å². The topological polar surface area (TPSA) is 73.9 Å². The van der Waals surface area contributed by atoms with Crippen molar-refractivity contribution in [1.29, 1.82) is 0 Å². The summed E-state index contributed by atoms with van der Waals surface area (Å²) in [5.41, 5.74) is 1.58. The molecule has 0 unspecified atom stereocenters. The monoisotopic (exact) mass is 357 g/mol. The average Bonchev–Trinajstić information content (AvgIpc) is 2.67. The minimum atomic E-state index is -0.419. The summed E-state index contributed by atoms with van der Waals surface area (Å²) < 4.78 is 15.4. The van der Waals surface area contributed by atoms with Crippen molar-refractivity contribution in [2.24, 2.45) is 0 Å². The molecule has 0 saturated carbocycles. The lowest BCUT2D eigenvalue weighted by molar-refractivity contribution is -0.147. The minimum Gasteiger partial charge on any atom is -0.493 e. The van der Waals surface area contributed by atoms with Crippen LogP contribution in [0, 0.1) is 0 Å². The second-order valence-corrected chi connectivity index (χ2v) is 5.79. The first-order valence-corrected chi connectivity index (χ1v) is 8.26. The number of carbonyl (C=O) groups excluding carboxylic acids is 2. The van der Waals surface area contributed by atoms with Crippen LogP contribution in [-0.2, 0) is 14.3 Å². The predicted molar refractivity (Wildman–Crippen MR) is 98.6 cm³/mol. The van der Waals surface area contributed by atoms with Gasteiger partial charge in [0, 0.05) is 11.8 Å². The molecule has 0 fully saturated rings. The maximum Gasteiger partial charge on any atom is 0.306 e. The molecule has 26 heavy (non-hydrogen) atoms. The normalized spacial score (nSPS) is 11.3. The zero-order valence-electron chi connectivity index (χ0n) is 15.2. The van der Waals surface area contributed by atoms with Gasteiger partial charge in [-0.1, -0.05) is 37.3 Å². The molecule has 0 bridgehead atoms. The summed E-state index contributed by atoms with van der Waals surface area (Å²) in [6, 6.07) is 14.7. The highest BCUT2D eigenvalue weighted by molar-refractivity contribution is 5.93. The van der Waals surface area contributed by atoms with Crippen molar-refractivity contribution < 1.29 is 23.8 Å². The Balaban J connectivity index is 1.82.